The standard InChI is InChI=1S/C23H26F3N3O2/c1-28(8-9-29-10-12-30-13-11-29)19-7-6-17-15-21(27-16-18(17)14-19)20-4-2-3-5-22(20)31-23(24,25)26/h2-7,14-15,27H,8-13,16H2,1H3. The number of halogens is 3. The van der Waals surface area contributed by atoms with Gasteiger partial charge in [-0.3, -0.25) is 4.90 Å². The fourth-order valence-electron chi connectivity index (χ4n) is 3.84. The smallest absolute Gasteiger partial charge is 0.405 e. The van der Waals surface area contributed by atoms with Crippen molar-refractivity contribution in [2.24, 2.45) is 0 Å². The van der Waals surface area contributed by atoms with Crippen LogP contribution in [-0.2, 0) is 11.3 Å². The summed E-state index contributed by atoms with van der Waals surface area (Å²) in [5, 5.41) is 3.24. The Morgan fingerprint density at radius 2 is 1.90 bits per heavy atom. The number of nitrogens with zero attached hydrogens (tertiary/aromatic N) is 2. The molecule has 0 aromatic heterocycles. The third-order valence-electron chi connectivity index (χ3n) is 5.59. The fraction of sp³-hybridized carbons (Fsp3) is 0.391. The van der Waals surface area contributed by atoms with Gasteiger partial charge >= 0.3 is 6.36 Å². The lowest BCUT2D eigenvalue weighted by atomic mass is 9.98. The molecule has 0 radical (unpaired) electrons. The van der Waals surface area contributed by atoms with Gasteiger partial charge in [-0.05, 0) is 41.5 Å². The molecule has 0 bridgehead atoms. The lowest BCUT2D eigenvalue weighted by Gasteiger charge is -2.30. The van der Waals surface area contributed by atoms with Gasteiger partial charge in [0.1, 0.15) is 5.75 Å². The number of nitrogens with one attached hydrogen (secondary N) is 1. The van der Waals surface area contributed by atoms with Crippen LogP contribution in [0.3, 0.4) is 0 Å². The van der Waals surface area contributed by atoms with Gasteiger partial charge in [0, 0.05) is 56.7 Å². The van der Waals surface area contributed by atoms with Gasteiger partial charge in [0.15, 0.2) is 0 Å². The minimum atomic E-state index is -4.73. The molecule has 2 aromatic rings. The lowest BCUT2D eigenvalue weighted by molar-refractivity contribution is -0.274. The molecule has 5 nitrogen and oxygen atoms in total. The molecule has 1 fully saturated rings. The SMILES string of the molecule is CN(CCN1CCOCC1)c1ccc2c(c1)CNC(c1ccccc1OC(F)(F)F)=C2. The molecule has 0 aliphatic carbocycles. The van der Waals surface area contributed by atoms with E-state index in [2.05, 4.69) is 39.0 Å². The van der Waals surface area contributed by atoms with Crippen LogP contribution < -0.4 is 15.0 Å². The van der Waals surface area contributed by atoms with Crippen molar-refractivity contribution in [1.29, 1.82) is 0 Å². The highest BCUT2D eigenvalue weighted by Crippen LogP contribution is 2.33. The number of likely N-dealkylation sites (N-methyl/N-ethyl adjacent to an activating group) is 1. The Bertz CT molecular complexity index is 940. The molecule has 1 N–H and O–H groups in total. The van der Waals surface area contributed by atoms with Crippen LogP contribution in [0, 0.1) is 0 Å². The second-order valence-electron chi connectivity index (χ2n) is 7.71. The van der Waals surface area contributed by atoms with E-state index < -0.39 is 6.36 Å². The van der Waals surface area contributed by atoms with Crippen LogP contribution in [-0.4, -0.2) is 57.7 Å². The Morgan fingerprint density at radius 1 is 1.13 bits per heavy atom. The molecular weight excluding hydrogens is 407 g/mol. The number of rotatable bonds is 6. The Morgan fingerprint density at radius 3 is 2.68 bits per heavy atom. The van der Waals surface area contributed by atoms with Crippen molar-refractivity contribution in [3.8, 4) is 5.75 Å². The van der Waals surface area contributed by atoms with Crippen LogP contribution in [0.2, 0.25) is 0 Å². The van der Waals surface area contributed by atoms with Crippen LogP contribution in [0.4, 0.5) is 18.9 Å². The van der Waals surface area contributed by atoms with Crippen LogP contribution in [0.5, 0.6) is 5.75 Å². The number of hydrogen-bond donors (Lipinski definition) is 1. The van der Waals surface area contributed by atoms with E-state index in [-0.39, 0.29) is 5.75 Å². The molecule has 0 spiro atoms. The van der Waals surface area contributed by atoms with Crippen LogP contribution >= 0.6 is 0 Å². The first-order chi connectivity index (χ1) is 14.9. The monoisotopic (exact) mass is 433 g/mol. The second kappa shape index (κ2) is 9.20. The molecule has 2 heterocycles. The summed E-state index contributed by atoms with van der Waals surface area (Å²) in [4.78, 5) is 4.62. The van der Waals surface area contributed by atoms with Gasteiger partial charge in [-0.25, -0.2) is 0 Å². The number of anilines is 1. The van der Waals surface area contributed by atoms with E-state index in [1.165, 1.54) is 12.1 Å². The normalized spacial score (nSPS) is 16.8. The maximum atomic E-state index is 12.8. The van der Waals surface area contributed by atoms with E-state index in [1.54, 1.807) is 12.1 Å². The summed E-state index contributed by atoms with van der Waals surface area (Å²) in [5.41, 5.74) is 4.21. The predicted octanol–water partition coefficient (Wildman–Crippen LogP) is 3.95. The predicted molar refractivity (Wildman–Crippen MR) is 115 cm³/mol. The highest BCUT2D eigenvalue weighted by Gasteiger charge is 2.32. The molecule has 1 saturated heterocycles. The molecule has 8 heteroatoms. The van der Waals surface area contributed by atoms with Crippen molar-refractivity contribution < 1.29 is 22.6 Å². The van der Waals surface area contributed by atoms with Gasteiger partial charge in [0.25, 0.3) is 0 Å². The molecule has 31 heavy (non-hydrogen) atoms. The second-order valence-corrected chi connectivity index (χ2v) is 7.71. The third-order valence-corrected chi connectivity index (χ3v) is 5.59. The third kappa shape index (κ3) is 5.51. The molecule has 166 valence electrons. The molecule has 2 aliphatic heterocycles. The van der Waals surface area contributed by atoms with Crippen molar-refractivity contribution in [2.75, 3.05) is 51.3 Å². The first kappa shape index (κ1) is 21.5. The highest BCUT2D eigenvalue weighted by molar-refractivity contribution is 5.85. The summed E-state index contributed by atoms with van der Waals surface area (Å²) in [6, 6.07) is 12.4. The topological polar surface area (TPSA) is 37.0 Å². The summed E-state index contributed by atoms with van der Waals surface area (Å²) in [5.74, 6) is -0.211. The Labute approximate surface area is 180 Å². The van der Waals surface area contributed by atoms with Gasteiger partial charge in [0.2, 0.25) is 0 Å². The average molecular weight is 433 g/mol. The first-order valence-corrected chi connectivity index (χ1v) is 10.3. The minimum absolute atomic E-state index is 0.211. The minimum Gasteiger partial charge on any atom is -0.405 e. The van der Waals surface area contributed by atoms with Crippen molar-refractivity contribution >= 4 is 17.5 Å². The quantitative estimate of drug-likeness (QED) is 0.747. The van der Waals surface area contributed by atoms with Gasteiger partial charge in [0.05, 0.1) is 13.2 Å². The zero-order valence-corrected chi connectivity index (χ0v) is 17.4. The van der Waals surface area contributed by atoms with Gasteiger partial charge in [-0.15, -0.1) is 13.2 Å². The van der Waals surface area contributed by atoms with E-state index >= 15 is 0 Å². The summed E-state index contributed by atoms with van der Waals surface area (Å²) in [7, 11) is 2.07. The molecule has 2 aliphatic rings. The maximum absolute atomic E-state index is 12.8. The number of benzene rings is 2. The number of para-hydroxylation sites is 1. The van der Waals surface area contributed by atoms with Crippen LogP contribution in [0.15, 0.2) is 42.5 Å². The van der Waals surface area contributed by atoms with E-state index in [0.717, 1.165) is 56.2 Å². The Balaban J connectivity index is 1.48. The number of morpholine rings is 1. The van der Waals surface area contributed by atoms with E-state index in [1.807, 2.05) is 12.1 Å². The zero-order chi connectivity index (χ0) is 21.8. The summed E-state index contributed by atoms with van der Waals surface area (Å²) in [6.07, 6.45) is -2.86. The van der Waals surface area contributed by atoms with Crippen molar-refractivity contribution in [1.82, 2.24) is 10.2 Å². The van der Waals surface area contributed by atoms with Crippen molar-refractivity contribution in [3.05, 3.63) is 59.2 Å². The fourth-order valence-corrected chi connectivity index (χ4v) is 3.84. The van der Waals surface area contributed by atoms with Gasteiger partial charge in [-0.2, -0.15) is 0 Å². The molecule has 0 saturated carbocycles. The molecule has 4 rings (SSSR count). The molecule has 0 unspecified atom stereocenters. The van der Waals surface area contributed by atoms with E-state index in [0.29, 0.717) is 17.8 Å². The van der Waals surface area contributed by atoms with Crippen molar-refractivity contribution in [2.45, 2.75) is 12.9 Å². The molecular formula is C23H26F3N3O2. The lowest BCUT2D eigenvalue weighted by Crippen LogP contribution is -2.40. The number of fused-ring (bicyclic) bond motifs is 1. The summed E-state index contributed by atoms with van der Waals surface area (Å²) in [6.45, 7) is 5.95. The Kier molecular flexibility index (Phi) is 6.38. The zero-order valence-electron chi connectivity index (χ0n) is 17.4. The molecule has 0 amide bonds. The van der Waals surface area contributed by atoms with E-state index in [4.69, 9.17) is 4.74 Å². The van der Waals surface area contributed by atoms with Crippen molar-refractivity contribution in [3.63, 3.8) is 0 Å². The maximum Gasteiger partial charge on any atom is 0.573 e. The van der Waals surface area contributed by atoms with Crippen LogP contribution in [0.25, 0.3) is 11.8 Å². The summed E-state index contributed by atoms with van der Waals surface area (Å²) < 4.78 is 47.9. The van der Waals surface area contributed by atoms with Gasteiger partial charge in [-0.1, -0.05) is 18.2 Å². The molecule has 0 atom stereocenters. The van der Waals surface area contributed by atoms with Crippen LogP contribution in [0.1, 0.15) is 16.7 Å². The number of ether oxygens (including phenoxy) is 2. The first-order valence-electron chi connectivity index (χ1n) is 10.3. The number of alkyl halides is 3. The largest absolute Gasteiger partial charge is 0.573 e. The average Bonchev–Trinajstić information content (AvgIpc) is 2.77. The van der Waals surface area contributed by atoms with Gasteiger partial charge < -0.3 is 19.7 Å². The summed E-state index contributed by atoms with van der Waals surface area (Å²) >= 11 is 0. The number of hydrogen-bond acceptors (Lipinski definition) is 5. The van der Waals surface area contributed by atoms with E-state index in [9.17, 15) is 13.2 Å². The highest BCUT2D eigenvalue weighted by atomic mass is 19.4. The Hall–Kier alpha value is -2.71. The molecule has 2 aromatic carbocycles.